The van der Waals surface area contributed by atoms with Gasteiger partial charge in [-0.05, 0) is 6.92 Å². The molecule has 18 heavy (non-hydrogen) atoms. The Balaban J connectivity index is 2.54. The van der Waals surface area contributed by atoms with Crippen molar-refractivity contribution in [3.63, 3.8) is 0 Å². The summed E-state index contributed by atoms with van der Waals surface area (Å²) in [5, 5.41) is 13.2. The van der Waals surface area contributed by atoms with Gasteiger partial charge in [-0.3, -0.25) is 0 Å². The average molecular weight is 269 g/mol. The zero-order valence-electron chi connectivity index (χ0n) is 9.59. The lowest BCUT2D eigenvalue weighted by molar-refractivity contribution is 0.0696. The summed E-state index contributed by atoms with van der Waals surface area (Å²) in [7, 11) is 1.42. The molecule has 0 unspecified atom stereocenters. The summed E-state index contributed by atoms with van der Waals surface area (Å²) >= 11 is 5.94. The van der Waals surface area contributed by atoms with Crippen LogP contribution in [0.25, 0.3) is 5.82 Å². The van der Waals surface area contributed by atoms with E-state index in [2.05, 4.69) is 15.1 Å². The predicted octanol–water partition coefficient (Wildman–Crippen LogP) is 1.33. The summed E-state index contributed by atoms with van der Waals surface area (Å²) in [6.45, 7) is 1.59. The Morgan fingerprint density at radius 3 is 2.83 bits per heavy atom. The molecule has 0 spiro atoms. The van der Waals surface area contributed by atoms with Gasteiger partial charge >= 0.3 is 12.0 Å². The third kappa shape index (κ3) is 2.12. The first-order valence-corrected chi connectivity index (χ1v) is 5.27. The fourth-order valence-corrected chi connectivity index (χ4v) is 1.56. The number of aryl methyl sites for hydroxylation is 1. The average Bonchev–Trinajstić information content (AvgIpc) is 2.72. The first kappa shape index (κ1) is 12.3. The van der Waals surface area contributed by atoms with E-state index in [0.29, 0.717) is 5.69 Å². The second-order valence-corrected chi connectivity index (χ2v) is 3.81. The number of halogens is 1. The predicted molar refractivity (Wildman–Crippen MR) is 62.4 cm³/mol. The molecule has 0 saturated carbocycles. The third-order valence-corrected chi connectivity index (χ3v) is 2.50. The Labute approximate surface area is 107 Å². The number of hydrogen-bond donors (Lipinski definition) is 1. The second-order valence-electron chi connectivity index (χ2n) is 3.41. The van der Waals surface area contributed by atoms with Gasteiger partial charge in [-0.15, -0.1) is 0 Å². The van der Waals surface area contributed by atoms with Gasteiger partial charge in [0.2, 0.25) is 0 Å². The molecular weight excluding hydrogens is 260 g/mol. The highest BCUT2D eigenvalue weighted by Gasteiger charge is 2.15. The molecule has 0 aliphatic rings. The van der Waals surface area contributed by atoms with Crippen molar-refractivity contribution in [1.82, 2.24) is 19.7 Å². The van der Waals surface area contributed by atoms with Gasteiger partial charge in [0.1, 0.15) is 10.6 Å². The topological polar surface area (TPSA) is 90.1 Å². The minimum atomic E-state index is -1.06. The van der Waals surface area contributed by atoms with Crippen LogP contribution in [-0.4, -0.2) is 37.9 Å². The van der Waals surface area contributed by atoms with Crippen LogP contribution in [-0.2, 0) is 0 Å². The third-order valence-electron chi connectivity index (χ3n) is 2.23. The number of nitrogens with zero attached hydrogens (tertiary/aromatic N) is 4. The van der Waals surface area contributed by atoms with Crippen molar-refractivity contribution in [3.8, 4) is 11.8 Å². The summed E-state index contributed by atoms with van der Waals surface area (Å²) in [5.41, 5.74) is 0.458. The summed E-state index contributed by atoms with van der Waals surface area (Å²) in [4.78, 5) is 18.8. The number of carboxylic acids is 1. The van der Waals surface area contributed by atoms with E-state index in [1.165, 1.54) is 24.2 Å². The maximum Gasteiger partial charge on any atom is 0.339 e. The first-order chi connectivity index (χ1) is 8.52. The summed E-state index contributed by atoms with van der Waals surface area (Å²) in [6.07, 6.45) is 2.70. The van der Waals surface area contributed by atoms with Gasteiger partial charge < -0.3 is 9.84 Å². The van der Waals surface area contributed by atoms with Crippen molar-refractivity contribution in [2.45, 2.75) is 6.92 Å². The van der Waals surface area contributed by atoms with Gasteiger partial charge in [-0.25, -0.2) is 14.5 Å². The normalized spacial score (nSPS) is 10.4. The van der Waals surface area contributed by atoms with Crippen LogP contribution in [0.15, 0.2) is 12.4 Å². The van der Waals surface area contributed by atoms with Crippen LogP contribution in [0.3, 0.4) is 0 Å². The molecule has 0 atom stereocenters. The standard InChI is InChI=1S/C10H9ClN4O3/c1-5-6(9(16)17)4-15(14-5)8-7(11)3-12-10(13-8)18-2/h3-4H,1-2H3,(H,16,17). The van der Waals surface area contributed by atoms with E-state index in [1.54, 1.807) is 6.92 Å². The molecule has 7 nitrogen and oxygen atoms in total. The van der Waals surface area contributed by atoms with Crippen molar-refractivity contribution in [1.29, 1.82) is 0 Å². The monoisotopic (exact) mass is 268 g/mol. The van der Waals surface area contributed by atoms with Crippen LogP contribution in [0.4, 0.5) is 0 Å². The van der Waals surface area contributed by atoms with E-state index in [-0.39, 0.29) is 22.4 Å². The Morgan fingerprint density at radius 1 is 1.56 bits per heavy atom. The fraction of sp³-hybridized carbons (Fsp3) is 0.200. The molecule has 1 N–H and O–H groups in total. The summed E-state index contributed by atoms with van der Waals surface area (Å²) in [6, 6.07) is 0.124. The lowest BCUT2D eigenvalue weighted by Crippen LogP contribution is -2.02. The van der Waals surface area contributed by atoms with Crippen molar-refractivity contribution in [2.24, 2.45) is 0 Å². The van der Waals surface area contributed by atoms with Crippen LogP contribution in [0.2, 0.25) is 5.02 Å². The molecule has 0 aliphatic carbocycles. The summed E-state index contributed by atoms with van der Waals surface area (Å²) in [5.74, 6) is -0.796. The summed E-state index contributed by atoms with van der Waals surface area (Å²) < 4.78 is 6.16. The van der Waals surface area contributed by atoms with Crippen LogP contribution >= 0.6 is 11.6 Å². The molecular formula is C10H9ClN4O3. The first-order valence-electron chi connectivity index (χ1n) is 4.89. The molecule has 0 aliphatic heterocycles. The molecule has 2 aromatic heterocycles. The van der Waals surface area contributed by atoms with Crippen LogP contribution in [0, 0.1) is 6.92 Å². The lowest BCUT2D eigenvalue weighted by atomic mass is 10.3. The van der Waals surface area contributed by atoms with Gasteiger partial charge in [0.05, 0.1) is 19.0 Å². The number of aromatic nitrogens is 4. The molecule has 0 amide bonds. The van der Waals surface area contributed by atoms with E-state index in [9.17, 15) is 4.79 Å². The Kier molecular flexibility index (Phi) is 3.15. The fourth-order valence-electron chi connectivity index (χ4n) is 1.38. The van der Waals surface area contributed by atoms with Gasteiger partial charge in [0, 0.05) is 6.20 Å². The molecule has 0 aromatic carbocycles. The largest absolute Gasteiger partial charge is 0.478 e. The molecule has 2 heterocycles. The van der Waals surface area contributed by atoms with Crippen LogP contribution in [0.1, 0.15) is 16.1 Å². The van der Waals surface area contributed by atoms with Crippen molar-refractivity contribution >= 4 is 17.6 Å². The van der Waals surface area contributed by atoms with Gasteiger partial charge in [-0.1, -0.05) is 11.6 Å². The molecule has 0 radical (unpaired) electrons. The number of carbonyl (C=O) groups is 1. The SMILES string of the molecule is COc1ncc(Cl)c(-n2cc(C(=O)O)c(C)n2)n1. The number of aromatic carboxylic acids is 1. The highest BCUT2D eigenvalue weighted by atomic mass is 35.5. The van der Waals surface area contributed by atoms with E-state index in [4.69, 9.17) is 21.4 Å². The smallest absolute Gasteiger partial charge is 0.339 e. The van der Waals surface area contributed by atoms with Crippen molar-refractivity contribution < 1.29 is 14.6 Å². The minimum Gasteiger partial charge on any atom is -0.478 e. The van der Waals surface area contributed by atoms with Gasteiger partial charge in [0.15, 0.2) is 5.82 Å². The van der Waals surface area contributed by atoms with Gasteiger partial charge in [-0.2, -0.15) is 10.1 Å². The number of rotatable bonds is 3. The van der Waals surface area contributed by atoms with E-state index < -0.39 is 5.97 Å². The number of carboxylic acid groups (broad SMARTS) is 1. The second kappa shape index (κ2) is 4.61. The Morgan fingerprint density at radius 2 is 2.28 bits per heavy atom. The highest BCUT2D eigenvalue weighted by Crippen LogP contribution is 2.20. The maximum atomic E-state index is 10.9. The highest BCUT2D eigenvalue weighted by molar-refractivity contribution is 6.32. The van der Waals surface area contributed by atoms with E-state index in [0.717, 1.165) is 0 Å². The minimum absolute atomic E-state index is 0.0867. The zero-order chi connectivity index (χ0) is 13.3. The quantitative estimate of drug-likeness (QED) is 0.903. The zero-order valence-corrected chi connectivity index (χ0v) is 10.3. The molecule has 2 aromatic rings. The number of hydrogen-bond acceptors (Lipinski definition) is 5. The van der Waals surface area contributed by atoms with Gasteiger partial charge in [0.25, 0.3) is 0 Å². The van der Waals surface area contributed by atoms with E-state index >= 15 is 0 Å². The molecule has 0 bridgehead atoms. The van der Waals surface area contributed by atoms with Crippen molar-refractivity contribution in [3.05, 3.63) is 28.7 Å². The lowest BCUT2D eigenvalue weighted by Gasteiger charge is -2.04. The van der Waals surface area contributed by atoms with Crippen molar-refractivity contribution in [2.75, 3.05) is 7.11 Å². The maximum absolute atomic E-state index is 10.9. The van der Waals surface area contributed by atoms with E-state index in [1.807, 2.05) is 0 Å². The number of methoxy groups -OCH3 is 1. The Hall–Kier alpha value is -2.15. The molecule has 0 fully saturated rings. The Bertz CT molecular complexity index is 611. The van der Waals surface area contributed by atoms with Crippen LogP contribution in [0.5, 0.6) is 6.01 Å². The molecule has 0 saturated heterocycles. The molecule has 2 rings (SSSR count). The van der Waals surface area contributed by atoms with Crippen LogP contribution < -0.4 is 4.74 Å². The molecule has 8 heteroatoms. The molecule has 94 valence electrons. The number of ether oxygens (including phenoxy) is 1.